The summed E-state index contributed by atoms with van der Waals surface area (Å²) in [7, 11) is 0. The molecule has 1 saturated heterocycles. The van der Waals surface area contributed by atoms with Gasteiger partial charge < -0.3 is 15.0 Å². The van der Waals surface area contributed by atoms with Crippen molar-refractivity contribution in [1.29, 1.82) is 0 Å². The third kappa shape index (κ3) is 4.54. The van der Waals surface area contributed by atoms with Crippen LogP contribution in [-0.2, 0) is 16.0 Å². The summed E-state index contributed by atoms with van der Waals surface area (Å²) in [6.45, 7) is 8.42. The zero-order valence-corrected chi connectivity index (χ0v) is 15.7. The Labute approximate surface area is 153 Å². The van der Waals surface area contributed by atoms with Gasteiger partial charge in [0.25, 0.3) is 0 Å². The highest BCUT2D eigenvalue weighted by Gasteiger charge is 2.19. The molecule has 2 N–H and O–H groups in total. The van der Waals surface area contributed by atoms with Crippen molar-refractivity contribution < 1.29 is 9.53 Å². The molecule has 1 aliphatic heterocycles. The number of nitrogens with one attached hydrogen (secondary N) is 2. The van der Waals surface area contributed by atoms with Gasteiger partial charge >= 0.3 is 0 Å². The Bertz CT molecular complexity index is 738. The van der Waals surface area contributed by atoms with Crippen molar-refractivity contribution in [1.82, 2.24) is 15.2 Å². The minimum atomic E-state index is 0.0593. The fourth-order valence-corrected chi connectivity index (χ4v) is 3.57. The van der Waals surface area contributed by atoms with E-state index < -0.39 is 0 Å². The van der Waals surface area contributed by atoms with Crippen LogP contribution in [0.1, 0.15) is 24.6 Å². The minimum Gasteiger partial charge on any atom is -0.379 e. The van der Waals surface area contributed by atoms with Crippen molar-refractivity contribution in [3.8, 4) is 0 Å². The van der Waals surface area contributed by atoms with E-state index >= 15 is 0 Å². The lowest BCUT2D eigenvalue weighted by Gasteiger charge is -2.30. The molecule has 3 rings (SSSR count). The Morgan fingerprint density at radius 3 is 2.88 bits per heavy atom. The van der Waals surface area contributed by atoms with Crippen LogP contribution in [0.25, 0.3) is 10.9 Å². The van der Waals surface area contributed by atoms with Gasteiger partial charge in [-0.1, -0.05) is 18.5 Å². The van der Waals surface area contributed by atoms with Crippen LogP contribution < -0.4 is 5.32 Å². The first kappa shape index (κ1) is 18.2. The summed E-state index contributed by atoms with van der Waals surface area (Å²) in [6, 6.07) is 5.91. The molecular formula is C19H26ClN3O2. The highest BCUT2D eigenvalue weighted by Crippen LogP contribution is 2.25. The van der Waals surface area contributed by atoms with Crippen LogP contribution in [0.15, 0.2) is 18.2 Å². The smallest absolute Gasteiger partial charge is 0.224 e. The van der Waals surface area contributed by atoms with Gasteiger partial charge in [-0.2, -0.15) is 0 Å². The number of rotatable bonds is 6. The fourth-order valence-electron chi connectivity index (χ4n) is 3.39. The third-order valence-electron chi connectivity index (χ3n) is 4.86. The largest absolute Gasteiger partial charge is 0.379 e. The molecule has 1 unspecified atom stereocenters. The van der Waals surface area contributed by atoms with E-state index in [0.29, 0.717) is 11.4 Å². The maximum Gasteiger partial charge on any atom is 0.224 e. The van der Waals surface area contributed by atoms with Gasteiger partial charge in [0, 0.05) is 47.3 Å². The second-order valence-corrected chi connectivity index (χ2v) is 7.12. The average molecular weight is 364 g/mol. The van der Waals surface area contributed by atoms with Gasteiger partial charge in [0.1, 0.15) is 0 Å². The first-order chi connectivity index (χ1) is 12.1. The van der Waals surface area contributed by atoms with Gasteiger partial charge in [0.15, 0.2) is 0 Å². The normalized spacial score (nSPS) is 16.9. The Kier molecular flexibility index (Phi) is 5.99. The fraction of sp³-hybridized carbons (Fsp3) is 0.526. The van der Waals surface area contributed by atoms with Crippen molar-refractivity contribution in [2.75, 3.05) is 32.8 Å². The second kappa shape index (κ2) is 8.21. The van der Waals surface area contributed by atoms with Gasteiger partial charge in [-0.3, -0.25) is 9.69 Å². The molecule has 1 aromatic heterocycles. The highest BCUT2D eigenvalue weighted by atomic mass is 35.5. The highest BCUT2D eigenvalue weighted by molar-refractivity contribution is 6.31. The van der Waals surface area contributed by atoms with Crippen LogP contribution in [0.2, 0.25) is 5.02 Å². The Morgan fingerprint density at radius 1 is 1.40 bits per heavy atom. The molecule has 0 bridgehead atoms. The van der Waals surface area contributed by atoms with Crippen LogP contribution in [0.3, 0.4) is 0 Å². The second-order valence-electron chi connectivity index (χ2n) is 6.68. The summed E-state index contributed by atoms with van der Waals surface area (Å²) in [6.07, 6.45) is 1.29. The van der Waals surface area contributed by atoms with E-state index in [2.05, 4.69) is 22.1 Å². The summed E-state index contributed by atoms with van der Waals surface area (Å²) in [4.78, 5) is 18.3. The number of hydrogen-bond donors (Lipinski definition) is 2. The van der Waals surface area contributed by atoms with Gasteiger partial charge in [-0.25, -0.2) is 0 Å². The van der Waals surface area contributed by atoms with E-state index in [1.807, 2.05) is 25.1 Å². The number of aromatic nitrogens is 1. The van der Waals surface area contributed by atoms with E-state index in [-0.39, 0.29) is 11.9 Å². The average Bonchev–Trinajstić information content (AvgIpc) is 2.90. The molecule has 1 aliphatic rings. The number of aromatic amines is 1. The minimum absolute atomic E-state index is 0.0593. The molecule has 0 spiro atoms. The SMILES string of the molecule is CCC(CN1CCOCC1)NC(=O)Cc1c(C)[nH]c2ccc(Cl)cc12. The number of carbonyl (C=O) groups excluding carboxylic acids is 1. The zero-order valence-electron chi connectivity index (χ0n) is 14.9. The van der Waals surface area contributed by atoms with Crippen LogP contribution in [-0.4, -0.2) is 54.7 Å². The van der Waals surface area contributed by atoms with Crippen molar-refractivity contribution in [2.45, 2.75) is 32.7 Å². The number of aryl methyl sites for hydroxylation is 1. The van der Waals surface area contributed by atoms with Crippen molar-refractivity contribution >= 4 is 28.4 Å². The predicted molar refractivity (Wildman–Crippen MR) is 101 cm³/mol. The monoisotopic (exact) mass is 363 g/mol. The Balaban J connectivity index is 1.65. The van der Waals surface area contributed by atoms with Crippen LogP contribution >= 0.6 is 11.6 Å². The molecule has 1 amide bonds. The molecule has 1 aromatic carbocycles. The number of morpholine rings is 1. The zero-order chi connectivity index (χ0) is 17.8. The molecule has 1 fully saturated rings. The molecule has 2 heterocycles. The summed E-state index contributed by atoms with van der Waals surface area (Å²) in [5.74, 6) is 0.0593. The van der Waals surface area contributed by atoms with E-state index in [1.54, 1.807) is 0 Å². The Morgan fingerprint density at radius 2 is 2.16 bits per heavy atom. The number of fused-ring (bicyclic) bond motifs is 1. The van der Waals surface area contributed by atoms with E-state index in [9.17, 15) is 4.79 Å². The first-order valence-corrected chi connectivity index (χ1v) is 9.30. The molecule has 2 aromatic rings. The van der Waals surface area contributed by atoms with Crippen LogP contribution in [0.5, 0.6) is 0 Å². The standard InChI is InChI=1S/C19H26ClN3O2/c1-3-15(12-23-6-8-25-9-7-23)22-19(24)11-16-13(2)21-18-5-4-14(20)10-17(16)18/h4-5,10,15,21H,3,6-9,11-12H2,1-2H3,(H,22,24). The third-order valence-corrected chi connectivity index (χ3v) is 5.09. The molecule has 136 valence electrons. The lowest BCUT2D eigenvalue weighted by Crippen LogP contribution is -2.47. The molecule has 0 aliphatic carbocycles. The topological polar surface area (TPSA) is 57.4 Å². The number of nitrogens with zero attached hydrogens (tertiary/aromatic N) is 1. The summed E-state index contributed by atoms with van der Waals surface area (Å²) in [5.41, 5.74) is 3.06. The molecule has 1 atom stereocenters. The lowest BCUT2D eigenvalue weighted by molar-refractivity contribution is -0.121. The van der Waals surface area contributed by atoms with Crippen LogP contribution in [0.4, 0.5) is 0 Å². The number of carbonyl (C=O) groups is 1. The predicted octanol–water partition coefficient (Wildman–Crippen LogP) is 2.90. The van der Waals surface area contributed by atoms with Crippen LogP contribution in [0, 0.1) is 6.92 Å². The molecule has 5 nitrogen and oxygen atoms in total. The van der Waals surface area contributed by atoms with Gasteiger partial charge in [0.2, 0.25) is 5.91 Å². The molecule has 0 radical (unpaired) electrons. The summed E-state index contributed by atoms with van der Waals surface area (Å²) < 4.78 is 5.39. The van der Waals surface area contributed by atoms with E-state index in [4.69, 9.17) is 16.3 Å². The maximum absolute atomic E-state index is 12.6. The summed E-state index contributed by atoms with van der Waals surface area (Å²) in [5, 5.41) is 4.91. The van der Waals surface area contributed by atoms with E-state index in [1.165, 1.54) is 0 Å². The maximum atomic E-state index is 12.6. The number of hydrogen-bond acceptors (Lipinski definition) is 3. The number of amides is 1. The summed E-state index contributed by atoms with van der Waals surface area (Å²) >= 11 is 6.12. The number of H-pyrrole nitrogens is 1. The van der Waals surface area contributed by atoms with Crippen molar-refractivity contribution in [3.63, 3.8) is 0 Å². The first-order valence-electron chi connectivity index (χ1n) is 8.93. The number of halogens is 1. The van der Waals surface area contributed by atoms with Crippen molar-refractivity contribution in [2.24, 2.45) is 0 Å². The van der Waals surface area contributed by atoms with Gasteiger partial charge in [-0.15, -0.1) is 0 Å². The quantitative estimate of drug-likeness (QED) is 0.829. The van der Waals surface area contributed by atoms with Crippen molar-refractivity contribution in [3.05, 3.63) is 34.5 Å². The molecular weight excluding hydrogens is 338 g/mol. The Hall–Kier alpha value is -1.56. The van der Waals surface area contributed by atoms with Gasteiger partial charge in [0.05, 0.1) is 19.6 Å². The van der Waals surface area contributed by atoms with E-state index in [0.717, 1.165) is 61.4 Å². The molecule has 0 saturated carbocycles. The molecule has 6 heteroatoms. The number of benzene rings is 1. The number of ether oxygens (including phenoxy) is 1. The molecule has 25 heavy (non-hydrogen) atoms. The van der Waals surface area contributed by atoms with Gasteiger partial charge in [-0.05, 0) is 37.1 Å². The lowest BCUT2D eigenvalue weighted by atomic mass is 10.1.